The van der Waals surface area contributed by atoms with Crippen LogP contribution in [0.3, 0.4) is 0 Å². The molecule has 1 aliphatic rings. The first-order valence-corrected chi connectivity index (χ1v) is 9.29. The molecule has 1 aromatic carbocycles. The number of hydrogen-bond donors (Lipinski definition) is 1. The first-order chi connectivity index (χ1) is 13.7. The van der Waals surface area contributed by atoms with E-state index in [-0.39, 0.29) is 11.9 Å². The molecule has 1 amide bonds. The van der Waals surface area contributed by atoms with Crippen molar-refractivity contribution in [2.24, 2.45) is 0 Å². The molecule has 7 heteroatoms. The predicted octanol–water partition coefficient (Wildman–Crippen LogP) is 3.14. The first-order valence-electron chi connectivity index (χ1n) is 9.29. The third kappa shape index (κ3) is 3.98. The molecule has 2 aromatic heterocycles. The molecule has 4 rings (SSSR count). The number of carbonyl (C=O) groups excluding carboxylic acids is 1. The van der Waals surface area contributed by atoms with Crippen LogP contribution in [0.1, 0.15) is 23.4 Å². The number of carbonyl (C=O) groups is 1. The fourth-order valence-corrected chi connectivity index (χ4v) is 3.41. The molecule has 1 aliphatic heterocycles. The van der Waals surface area contributed by atoms with Gasteiger partial charge in [-0.2, -0.15) is 0 Å². The Morgan fingerprint density at radius 2 is 2.21 bits per heavy atom. The standard InChI is InChI=1S/C21H22N4O3/c1-27-17-6-2-4-15(12-17)18-7-8-19(28-18)21(26)24-16-5-3-11-25(14-16)20-13-22-9-10-23-20/h2,4,6-10,12-13,16H,3,5,11,14H2,1H3,(H,24,26)/t16-/m1/s1. The molecule has 7 nitrogen and oxygen atoms in total. The van der Waals surface area contributed by atoms with E-state index in [0.717, 1.165) is 36.5 Å². The van der Waals surface area contributed by atoms with Gasteiger partial charge in [-0.15, -0.1) is 0 Å². The van der Waals surface area contributed by atoms with Crippen LogP contribution >= 0.6 is 0 Å². The van der Waals surface area contributed by atoms with Crippen LogP contribution in [0.25, 0.3) is 11.3 Å². The third-order valence-corrected chi connectivity index (χ3v) is 4.81. The lowest BCUT2D eigenvalue weighted by Gasteiger charge is -2.33. The van der Waals surface area contributed by atoms with Crippen LogP contribution in [-0.4, -0.2) is 42.1 Å². The summed E-state index contributed by atoms with van der Waals surface area (Å²) in [4.78, 5) is 23.3. The molecule has 1 saturated heterocycles. The van der Waals surface area contributed by atoms with Gasteiger partial charge in [0.2, 0.25) is 0 Å². The van der Waals surface area contributed by atoms with Crippen molar-refractivity contribution >= 4 is 11.7 Å². The van der Waals surface area contributed by atoms with Gasteiger partial charge in [0.15, 0.2) is 5.76 Å². The lowest BCUT2D eigenvalue weighted by molar-refractivity contribution is 0.0906. The van der Waals surface area contributed by atoms with E-state index in [2.05, 4.69) is 20.2 Å². The summed E-state index contributed by atoms with van der Waals surface area (Å²) in [6.07, 6.45) is 6.99. The molecule has 144 valence electrons. The van der Waals surface area contributed by atoms with Crippen molar-refractivity contribution in [1.29, 1.82) is 0 Å². The average molecular weight is 378 g/mol. The van der Waals surface area contributed by atoms with Crippen LogP contribution in [0.2, 0.25) is 0 Å². The first kappa shape index (κ1) is 18.0. The summed E-state index contributed by atoms with van der Waals surface area (Å²) in [6.45, 7) is 1.61. The smallest absolute Gasteiger partial charge is 0.287 e. The van der Waals surface area contributed by atoms with Crippen LogP contribution < -0.4 is 15.0 Å². The van der Waals surface area contributed by atoms with E-state index in [1.54, 1.807) is 37.8 Å². The second-order valence-electron chi connectivity index (χ2n) is 6.72. The number of furan rings is 1. The minimum Gasteiger partial charge on any atom is -0.497 e. The predicted molar refractivity (Wildman–Crippen MR) is 105 cm³/mol. The Morgan fingerprint density at radius 3 is 3.04 bits per heavy atom. The van der Waals surface area contributed by atoms with E-state index in [1.165, 1.54) is 0 Å². The molecule has 0 radical (unpaired) electrons. The Kier molecular flexibility index (Phi) is 5.23. The van der Waals surface area contributed by atoms with Crippen LogP contribution in [0, 0.1) is 0 Å². The highest BCUT2D eigenvalue weighted by Crippen LogP contribution is 2.26. The maximum absolute atomic E-state index is 12.6. The number of hydrogen-bond acceptors (Lipinski definition) is 6. The second kappa shape index (κ2) is 8.12. The largest absolute Gasteiger partial charge is 0.497 e. The maximum Gasteiger partial charge on any atom is 0.287 e. The Labute approximate surface area is 163 Å². The molecule has 0 bridgehead atoms. The zero-order chi connectivity index (χ0) is 19.3. The number of nitrogens with zero attached hydrogens (tertiary/aromatic N) is 3. The van der Waals surface area contributed by atoms with Gasteiger partial charge in [0.05, 0.1) is 13.3 Å². The van der Waals surface area contributed by atoms with Gasteiger partial charge >= 0.3 is 0 Å². The molecule has 0 saturated carbocycles. The number of piperidine rings is 1. The fourth-order valence-electron chi connectivity index (χ4n) is 3.41. The molecule has 1 N–H and O–H groups in total. The Balaban J connectivity index is 1.42. The van der Waals surface area contributed by atoms with Crippen LogP contribution in [0.15, 0.2) is 59.4 Å². The summed E-state index contributed by atoms with van der Waals surface area (Å²) < 4.78 is 11.0. The van der Waals surface area contributed by atoms with Crippen molar-refractivity contribution in [2.45, 2.75) is 18.9 Å². The summed E-state index contributed by atoms with van der Waals surface area (Å²) in [7, 11) is 1.62. The maximum atomic E-state index is 12.6. The topological polar surface area (TPSA) is 80.5 Å². The summed E-state index contributed by atoms with van der Waals surface area (Å²) in [5.74, 6) is 2.30. The zero-order valence-electron chi connectivity index (χ0n) is 15.7. The van der Waals surface area contributed by atoms with Gasteiger partial charge in [-0.3, -0.25) is 9.78 Å². The monoisotopic (exact) mass is 378 g/mol. The van der Waals surface area contributed by atoms with Gasteiger partial charge in [0, 0.05) is 37.1 Å². The lowest BCUT2D eigenvalue weighted by atomic mass is 10.1. The highest BCUT2D eigenvalue weighted by molar-refractivity contribution is 5.92. The van der Waals surface area contributed by atoms with E-state index in [4.69, 9.17) is 9.15 Å². The summed E-state index contributed by atoms with van der Waals surface area (Å²) >= 11 is 0. The van der Waals surface area contributed by atoms with Crippen LogP contribution in [0.4, 0.5) is 5.82 Å². The molecule has 28 heavy (non-hydrogen) atoms. The van der Waals surface area contributed by atoms with Gasteiger partial charge in [-0.1, -0.05) is 12.1 Å². The average Bonchev–Trinajstić information content (AvgIpc) is 3.25. The van der Waals surface area contributed by atoms with Crippen molar-refractivity contribution in [3.8, 4) is 17.1 Å². The molecule has 1 fully saturated rings. The van der Waals surface area contributed by atoms with Crippen molar-refractivity contribution < 1.29 is 13.9 Å². The Morgan fingerprint density at radius 1 is 1.29 bits per heavy atom. The summed E-state index contributed by atoms with van der Waals surface area (Å²) in [6, 6.07) is 11.1. The summed E-state index contributed by atoms with van der Waals surface area (Å²) in [5, 5.41) is 3.08. The van der Waals surface area contributed by atoms with Gasteiger partial charge < -0.3 is 19.4 Å². The molecular weight excluding hydrogens is 356 g/mol. The van der Waals surface area contributed by atoms with E-state index in [1.807, 2.05) is 24.3 Å². The SMILES string of the molecule is COc1cccc(-c2ccc(C(=O)N[C@@H]3CCCN(c4cnccn4)C3)o2)c1. The second-order valence-corrected chi connectivity index (χ2v) is 6.72. The third-order valence-electron chi connectivity index (χ3n) is 4.81. The Bertz CT molecular complexity index is 942. The number of methoxy groups -OCH3 is 1. The number of amides is 1. The molecule has 3 aromatic rings. The lowest BCUT2D eigenvalue weighted by Crippen LogP contribution is -2.48. The van der Waals surface area contributed by atoms with Crippen LogP contribution in [-0.2, 0) is 0 Å². The van der Waals surface area contributed by atoms with E-state index in [9.17, 15) is 4.79 Å². The molecular formula is C21H22N4O3. The van der Waals surface area contributed by atoms with Gasteiger partial charge in [-0.05, 0) is 37.1 Å². The molecule has 0 aliphatic carbocycles. The number of rotatable bonds is 5. The van der Waals surface area contributed by atoms with Crippen LogP contribution in [0.5, 0.6) is 5.75 Å². The van der Waals surface area contributed by atoms with Crippen molar-refractivity contribution in [3.05, 3.63) is 60.7 Å². The number of benzene rings is 1. The van der Waals surface area contributed by atoms with Gasteiger partial charge in [0.1, 0.15) is 17.3 Å². The highest BCUT2D eigenvalue weighted by atomic mass is 16.5. The molecule has 3 heterocycles. The van der Waals surface area contributed by atoms with Gasteiger partial charge in [0.25, 0.3) is 5.91 Å². The normalized spacial score (nSPS) is 16.6. The van der Waals surface area contributed by atoms with Gasteiger partial charge in [-0.25, -0.2) is 4.98 Å². The quantitative estimate of drug-likeness (QED) is 0.735. The van der Waals surface area contributed by atoms with E-state index < -0.39 is 0 Å². The highest BCUT2D eigenvalue weighted by Gasteiger charge is 2.24. The molecule has 0 spiro atoms. The molecule has 0 unspecified atom stereocenters. The van der Waals surface area contributed by atoms with Crippen molar-refractivity contribution in [3.63, 3.8) is 0 Å². The minimum absolute atomic E-state index is 0.0358. The number of aromatic nitrogens is 2. The van der Waals surface area contributed by atoms with E-state index >= 15 is 0 Å². The Hall–Kier alpha value is -3.35. The van der Waals surface area contributed by atoms with E-state index in [0.29, 0.717) is 18.1 Å². The summed E-state index contributed by atoms with van der Waals surface area (Å²) in [5.41, 5.74) is 0.866. The minimum atomic E-state index is -0.208. The molecule has 1 atom stereocenters. The van der Waals surface area contributed by atoms with Crippen molar-refractivity contribution in [1.82, 2.24) is 15.3 Å². The zero-order valence-corrected chi connectivity index (χ0v) is 15.7. The van der Waals surface area contributed by atoms with Crippen molar-refractivity contribution in [2.75, 3.05) is 25.1 Å². The number of ether oxygens (including phenoxy) is 1. The number of anilines is 1. The fraction of sp³-hybridized carbons (Fsp3) is 0.286. The number of nitrogens with one attached hydrogen (secondary N) is 1.